The van der Waals surface area contributed by atoms with E-state index in [-0.39, 0.29) is 6.23 Å². The second kappa shape index (κ2) is 6.77. The van der Waals surface area contributed by atoms with E-state index < -0.39 is 11.6 Å². The summed E-state index contributed by atoms with van der Waals surface area (Å²) >= 11 is 0. The molecule has 1 unspecified atom stereocenters. The van der Waals surface area contributed by atoms with Gasteiger partial charge in [0.1, 0.15) is 23.1 Å². The summed E-state index contributed by atoms with van der Waals surface area (Å²) in [6.45, 7) is 5.90. The summed E-state index contributed by atoms with van der Waals surface area (Å²) in [5.41, 5.74) is 1.88. The third-order valence-corrected chi connectivity index (χ3v) is 4.46. The van der Waals surface area contributed by atoms with Crippen LogP contribution in [0, 0.1) is 11.6 Å². The molecule has 1 atom stereocenters. The maximum atomic E-state index is 14.3. The quantitative estimate of drug-likeness (QED) is 0.817. The summed E-state index contributed by atoms with van der Waals surface area (Å²) < 4.78 is 39.0. The largest absolute Gasteiger partial charge is 0.497 e. The molecule has 3 nitrogen and oxygen atoms in total. The second-order valence-electron chi connectivity index (χ2n) is 5.79. The van der Waals surface area contributed by atoms with E-state index in [0.29, 0.717) is 29.0 Å². The number of likely N-dealkylation sites (N-methyl/N-ethyl adjacent to an activating group) is 1. The Balaban J connectivity index is 2.08. The zero-order valence-corrected chi connectivity index (χ0v) is 14.1. The molecule has 5 heteroatoms. The summed E-state index contributed by atoms with van der Waals surface area (Å²) in [4.78, 5) is 2.21. The lowest BCUT2D eigenvalue weighted by Crippen LogP contribution is -2.38. The Labute approximate surface area is 140 Å². The SMILES string of the molecule is CCN(CC)C1Cc2cc(OC)cc(-c3ccc(F)cc3F)c2O1. The smallest absolute Gasteiger partial charge is 0.156 e. The Morgan fingerprint density at radius 2 is 1.88 bits per heavy atom. The zero-order valence-electron chi connectivity index (χ0n) is 14.1. The van der Waals surface area contributed by atoms with E-state index in [0.717, 1.165) is 24.7 Å². The van der Waals surface area contributed by atoms with Gasteiger partial charge < -0.3 is 9.47 Å². The summed E-state index contributed by atoms with van der Waals surface area (Å²) in [6, 6.07) is 7.23. The molecule has 3 rings (SSSR count). The molecule has 0 radical (unpaired) electrons. The topological polar surface area (TPSA) is 21.7 Å². The fourth-order valence-electron chi connectivity index (χ4n) is 3.18. The minimum absolute atomic E-state index is 0.0793. The first-order valence-corrected chi connectivity index (χ1v) is 8.14. The van der Waals surface area contributed by atoms with Crippen molar-refractivity contribution in [2.75, 3.05) is 20.2 Å². The number of hydrogen-bond acceptors (Lipinski definition) is 3. The number of rotatable bonds is 5. The van der Waals surface area contributed by atoms with E-state index in [1.54, 1.807) is 13.2 Å². The van der Waals surface area contributed by atoms with Gasteiger partial charge in [-0.05, 0) is 37.4 Å². The van der Waals surface area contributed by atoms with Crippen molar-refractivity contribution >= 4 is 0 Å². The molecule has 1 aliphatic rings. The molecule has 0 aromatic heterocycles. The van der Waals surface area contributed by atoms with Gasteiger partial charge in [-0.25, -0.2) is 8.78 Å². The third kappa shape index (κ3) is 2.96. The normalized spacial score (nSPS) is 16.2. The third-order valence-electron chi connectivity index (χ3n) is 4.46. The molecule has 128 valence electrons. The minimum atomic E-state index is -0.611. The van der Waals surface area contributed by atoms with Crippen LogP contribution in [0.1, 0.15) is 19.4 Å². The van der Waals surface area contributed by atoms with Crippen LogP contribution >= 0.6 is 0 Å². The summed E-state index contributed by atoms with van der Waals surface area (Å²) in [5.74, 6) is 0.0764. The highest BCUT2D eigenvalue weighted by Crippen LogP contribution is 2.43. The standard InChI is InChI=1S/C19H21F2NO2/c1-4-22(5-2)18-9-12-8-14(23-3)11-16(19(12)24-18)15-7-6-13(20)10-17(15)21/h6-8,10-11,18H,4-5,9H2,1-3H3. The lowest BCUT2D eigenvalue weighted by molar-refractivity contribution is 0.0518. The van der Waals surface area contributed by atoms with Crippen LogP contribution in [-0.4, -0.2) is 31.3 Å². The Bertz CT molecular complexity index is 744. The Hall–Kier alpha value is -2.14. The van der Waals surface area contributed by atoms with Gasteiger partial charge in [-0.3, -0.25) is 4.90 Å². The van der Waals surface area contributed by atoms with Crippen LogP contribution in [0.2, 0.25) is 0 Å². The van der Waals surface area contributed by atoms with Gasteiger partial charge in [0.25, 0.3) is 0 Å². The molecule has 0 aliphatic carbocycles. The highest BCUT2D eigenvalue weighted by atomic mass is 19.1. The molecular weight excluding hydrogens is 312 g/mol. The molecule has 0 fully saturated rings. The van der Waals surface area contributed by atoms with Crippen molar-refractivity contribution in [3.05, 3.63) is 47.5 Å². The molecule has 0 spiro atoms. The first-order valence-electron chi connectivity index (χ1n) is 8.14. The molecule has 2 aromatic carbocycles. The van der Waals surface area contributed by atoms with Crippen LogP contribution in [0.4, 0.5) is 8.78 Å². The van der Waals surface area contributed by atoms with Gasteiger partial charge in [0, 0.05) is 29.2 Å². The van der Waals surface area contributed by atoms with Crippen LogP contribution < -0.4 is 9.47 Å². The molecule has 0 saturated carbocycles. The van der Waals surface area contributed by atoms with E-state index >= 15 is 0 Å². The van der Waals surface area contributed by atoms with E-state index in [4.69, 9.17) is 9.47 Å². The average Bonchev–Trinajstić information content (AvgIpc) is 2.99. The summed E-state index contributed by atoms with van der Waals surface area (Å²) in [7, 11) is 1.57. The number of hydrogen-bond donors (Lipinski definition) is 0. The van der Waals surface area contributed by atoms with Crippen molar-refractivity contribution in [2.45, 2.75) is 26.5 Å². The van der Waals surface area contributed by atoms with Gasteiger partial charge in [0.05, 0.1) is 7.11 Å². The van der Waals surface area contributed by atoms with Crippen LogP contribution in [0.25, 0.3) is 11.1 Å². The Kier molecular flexibility index (Phi) is 4.71. The predicted molar refractivity (Wildman–Crippen MR) is 89.4 cm³/mol. The van der Waals surface area contributed by atoms with E-state index in [1.807, 2.05) is 6.07 Å². The number of ether oxygens (including phenoxy) is 2. The fourth-order valence-corrected chi connectivity index (χ4v) is 3.18. The Morgan fingerprint density at radius 3 is 2.50 bits per heavy atom. The van der Waals surface area contributed by atoms with Gasteiger partial charge in [0.15, 0.2) is 6.23 Å². The number of methoxy groups -OCH3 is 1. The van der Waals surface area contributed by atoms with Crippen LogP contribution in [0.5, 0.6) is 11.5 Å². The van der Waals surface area contributed by atoms with Crippen LogP contribution in [-0.2, 0) is 6.42 Å². The van der Waals surface area contributed by atoms with Crippen molar-refractivity contribution in [2.24, 2.45) is 0 Å². The molecule has 0 saturated heterocycles. The first-order chi connectivity index (χ1) is 11.6. The van der Waals surface area contributed by atoms with Crippen molar-refractivity contribution in [3.63, 3.8) is 0 Å². The number of nitrogens with zero attached hydrogens (tertiary/aromatic N) is 1. The molecule has 24 heavy (non-hydrogen) atoms. The zero-order chi connectivity index (χ0) is 17.3. The summed E-state index contributed by atoms with van der Waals surface area (Å²) in [6.07, 6.45) is 0.633. The van der Waals surface area contributed by atoms with Gasteiger partial charge in [0.2, 0.25) is 0 Å². The molecule has 1 aliphatic heterocycles. The molecule has 0 amide bonds. The van der Waals surface area contributed by atoms with Gasteiger partial charge in [-0.2, -0.15) is 0 Å². The average molecular weight is 333 g/mol. The maximum Gasteiger partial charge on any atom is 0.156 e. The number of fused-ring (bicyclic) bond motifs is 1. The predicted octanol–water partition coefficient (Wildman–Crippen LogP) is 4.24. The fraction of sp³-hybridized carbons (Fsp3) is 0.368. The van der Waals surface area contributed by atoms with Crippen LogP contribution in [0.3, 0.4) is 0 Å². The van der Waals surface area contributed by atoms with Crippen molar-refractivity contribution < 1.29 is 18.3 Å². The van der Waals surface area contributed by atoms with Gasteiger partial charge in [-0.1, -0.05) is 13.8 Å². The summed E-state index contributed by atoms with van der Waals surface area (Å²) in [5, 5.41) is 0. The van der Waals surface area contributed by atoms with E-state index in [1.165, 1.54) is 12.1 Å². The second-order valence-corrected chi connectivity index (χ2v) is 5.79. The van der Waals surface area contributed by atoms with Crippen molar-refractivity contribution in [1.82, 2.24) is 4.90 Å². The Morgan fingerprint density at radius 1 is 1.12 bits per heavy atom. The lowest BCUT2D eigenvalue weighted by Gasteiger charge is -2.25. The van der Waals surface area contributed by atoms with Gasteiger partial charge >= 0.3 is 0 Å². The van der Waals surface area contributed by atoms with Crippen molar-refractivity contribution in [1.29, 1.82) is 0 Å². The van der Waals surface area contributed by atoms with E-state index in [2.05, 4.69) is 18.7 Å². The van der Waals surface area contributed by atoms with Gasteiger partial charge in [-0.15, -0.1) is 0 Å². The van der Waals surface area contributed by atoms with E-state index in [9.17, 15) is 8.78 Å². The van der Waals surface area contributed by atoms with Crippen molar-refractivity contribution in [3.8, 4) is 22.6 Å². The minimum Gasteiger partial charge on any atom is -0.497 e. The number of benzene rings is 2. The first kappa shape index (κ1) is 16.7. The molecule has 2 aromatic rings. The highest BCUT2D eigenvalue weighted by Gasteiger charge is 2.30. The number of halogens is 2. The molecule has 1 heterocycles. The highest BCUT2D eigenvalue weighted by molar-refractivity contribution is 5.75. The van der Waals surface area contributed by atoms with Crippen LogP contribution in [0.15, 0.2) is 30.3 Å². The maximum absolute atomic E-state index is 14.3. The molecular formula is C19H21F2NO2. The molecule has 0 bridgehead atoms. The lowest BCUT2D eigenvalue weighted by atomic mass is 9.99. The molecule has 0 N–H and O–H groups in total. The monoisotopic (exact) mass is 333 g/mol.